The minimum atomic E-state index is -4.45. The van der Waals surface area contributed by atoms with Gasteiger partial charge < -0.3 is 9.47 Å². The first kappa shape index (κ1) is 18.8. The molecule has 0 atom stereocenters. The van der Waals surface area contributed by atoms with Gasteiger partial charge in [-0.3, -0.25) is 4.79 Å². The predicted molar refractivity (Wildman–Crippen MR) is 92.9 cm³/mol. The highest BCUT2D eigenvalue weighted by atomic mass is 35.5. The number of benzene rings is 2. The first-order chi connectivity index (χ1) is 12.8. The molecule has 2 aromatic carbocycles. The van der Waals surface area contributed by atoms with Crippen molar-refractivity contribution < 1.29 is 22.6 Å². The predicted octanol–water partition coefficient (Wildman–Crippen LogP) is 4.71. The van der Waals surface area contributed by atoms with Gasteiger partial charge in [0.15, 0.2) is 10.8 Å². The molecule has 0 N–H and O–H groups in total. The van der Waals surface area contributed by atoms with E-state index in [9.17, 15) is 18.0 Å². The Morgan fingerprint density at radius 2 is 1.78 bits per heavy atom. The van der Waals surface area contributed by atoms with Crippen LogP contribution in [0, 0.1) is 0 Å². The van der Waals surface area contributed by atoms with E-state index in [0.29, 0.717) is 11.4 Å². The van der Waals surface area contributed by atoms with E-state index >= 15 is 0 Å². The summed E-state index contributed by atoms with van der Waals surface area (Å²) in [7, 11) is 1.37. The second-order valence-corrected chi connectivity index (χ2v) is 5.74. The summed E-state index contributed by atoms with van der Waals surface area (Å²) < 4.78 is 49.7. The zero-order chi connectivity index (χ0) is 19.6. The molecule has 0 radical (unpaired) electrons. The van der Waals surface area contributed by atoms with Crippen molar-refractivity contribution in [3.63, 3.8) is 0 Å². The molecule has 0 bridgehead atoms. The molecule has 0 amide bonds. The second kappa shape index (κ2) is 7.32. The Bertz CT molecular complexity index is 1020. The van der Waals surface area contributed by atoms with Crippen molar-refractivity contribution >= 4 is 11.6 Å². The van der Waals surface area contributed by atoms with Crippen LogP contribution in [0.5, 0.6) is 17.2 Å². The number of methoxy groups -OCH3 is 1. The van der Waals surface area contributed by atoms with E-state index in [4.69, 9.17) is 21.1 Å². The van der Waals surface area contributed by atoms with Gasteiger partial charge in [0.25, 0.3) is 5.56 Å². The maximum Gasteiger partial charge on any atom is 0.416 e. The van der Waals surface area contributed by atoms with Crippen LogP contribution >= 0.6 is 11.6 Å². The molecule has 27 heavy (non-hydrogen) atoms. The molecule has 0 aliphatic rings. The number of hydrogen-bond acceptors (Lipinski definition) is 4. The van der Waals surface area contributed by atoms with E-state index in [1.807, 2.05) is 0 Å². The summed E-state index contributed by atoms with van der Waals surface area (Å²) in [6.07, 6.45) is -3.15. The molecular formula is C18H12ClF3N2O3. The van der Waals surface area contributed by atoms with Gasteiger partial charge in [-0.1, -0.05) is 17.7 Å². The first-order valence-corrected chi connectivity index (χ1v) is 7.95. The Morgan fingerprint density at radius 3 is 2.41 bits per heavy atom. The molecule has 9 heteroatoms. The lowest BCUT2D eigenvalue weighted by Crippen LogP contribution is -2.21. The Labute approximate surface area is 156 Å². The van der Waals surface area contributed by atoms with Crippen LogP contribution in [-0.4, -0.2) is 16.9 Å². The Morgan fingerprint density at radius 1 is 1.07 bits per heavy atom. The van der Waals surface area contributed by atoms with Crippen molar-refractivity contribution in [1.82, 2.24) is 9.78 Å². The molecule has 0 saturated heterocycles. The van der Waals surface area contributed by atoms with E-state index < -0.39 is 17.3 Å². The summed E-state index contributed by atoms with van der Waals surface area (Å²) in [5, 5.41) is 3.85. The van der Waals surface area contributed by atoms with Crippen LogP contribution in [-0.2, 0) is 6.18 Å². The van der Waals surface area contributed by atoms with Crippen molar-refractivity contribution in [3.05, 3.63) is 75.7 Å². The SMILES string of the molecule is COc1cnn(-c2ccc(Oc3cccc(C(F)(F)F)c3)cc2)c(=O)c1Cl. The van der Waals surface area contributed by atoms with Gasteiger partial charge in [0, 0.05) is 0 Å². The lowest BCUT2D eigenvalue weighted by atomic mass is 10.2. The topological polar surface area (TPSA) is 53.4 Å². The summed E-state index contributed by atoms with van der Waals surface area (Å²) in [5.74, 6) is 0.494. The molecule has 0 saturated carbocycles. The molecule has 3 aromatic rings. The van der Waals surface area contributed by atoms with E-state index in [0.717, 1.165) is 16.8 Å². The minimum absolute atomic E-state index is 0.0420. The fourth-order valence-electron chi connectivity index (χ4n) is 2.27. The lowest BCUT2D eigenvalue weighted by Gasteiger charge is -2.11. The Kier molecular flexibility index (Phi) is 5.09. The summed E-state index contributed by atoms with van der Waals surface area (Å²) in [5.41, 5.74) is -0.969. The molecule has 0 unspecified atom stereocenters. The van der Waals surface area contributed by atoms with Gasteiger partial charge >= 0.3 is 6.18 Å². The molecule has 0 fully saturated rings. The summed E-state index contributed by atoms with van der Waals surface area (Å²) in [6, 6.07) is 10.6. The van der Waals surface area contributed by atoms with Gasteiger partial charge in [0.2, 0.25) is 0 Å². The number of halogens is 4. The zero-order valence-electron chi connectivity index (χ0n) is 13.8. The lowest BCUT2D eigenvalue weighted by molar-refractivity contribution is -0.137. The Hall–Kier alpha value is -3.00. The highest BCUT2D eigenvalue weighted by molar-refractivity contribution is 6.31. The van der Waals surface area contributed by atoms with Crippen LogP contribution in [0.2, 0.25) is 5.02 Å². The average Bonchev–Trinajstić information content (AvgIpc) is 2.64. The van der Waals surface area contributed by atoms with Gasteiger partial charge in [-0.25, -0.2) is 0 Å². The fraction of sp³-hybridized carbons (Fsp3) is 0.111. The number of ether oxygens (including phenoxy) is 2. The van der Waals surface area contributed by atoms with Crippen molar-refractivity contribution in [3.8, 4) is 22.9 Å². The molecule has 3 rings (SSSR count). The molecule has 140 valence electrons. The smallest absolute Gasteiger partial charge is 0.416 e. The standard InChI is InChI=1S/C18H12ClF3N2O3/c1-26-15-10-23-24(17(25)16(15)19)12-5-7-13(8-6-12)27-14-4-2-3-11(9-14)18(20,21)22/h2-10H,1H3. The van der Waals surface area contributed by atoms with Crippen LogP contribution in [0.4, 0.5) is 13.2 Å². The molecule has 0 spiro atoms. The first-order valence-electron chi connectivity index (χ1n) is 7.57. The zero-order valence-corrected chi connectivity index (χ0v) is 14.6. The van der Waals surface area contributed by atoms with Gasteiger partial charge in [0.1, 0.15) is 11.5 Å². The van der Waals surface area contributed by atoms with Gasteiger partial charge in [-0.2, -0.15) is 23.0 Å². The fourth-order valence-corrected chi connectivity index (χ4v) is 2.48. The van der Waals surface area contributed by atoms with Crippen LogP contribution in [0.25, 0.3) is 5.69 Å². The minimum Gasteiger partial charge on any atom is -0.493 e. The van der Waals surface area contributed by atoms with Crippen molar-refractivity contribution in [1.29, 1.82) is 0 Å². The van der Waals surface area contributed by atoms with Crippen LogP contribution in [0.15, 0.2) is 59.5 Å². The number of nitrogens with zero attached hydrogens (tertiary/aromatic N) is 2. The average molecular weight is 397 g/mol. The normalized spacial score (nSPS) is 11.3. The molecule has 0 aliphatic carbocycles. The van der Waals surface area contributed by atoms with Crippen LogP contribution in [0.3, 0.4) is 0 Å². The van der Waals surface area contributed by atoms with Crippen molar-refractivity contribution in [2.24, 2.45) is 0 Å². The van der Waals surface area contributed by atoms with E-state index in [-0.39, 0.29) is 16.5 Å². The van der Waals surface area contributed by atoms with Crippen molar-refractivity contribution in [2.45, 2.75) is 6.18 Å². The van der Waals surface area contributed by atoms with E-state index in [1.54, 1.807) is 0 Å². The van der Waals surface area contributed by atoms with E-state index in [2.05, 4.69) is 5.10 Å². The molecular weight excluding hydrogens is 385 g/mol. The molecule has 5 nitrogen and oxygen atoms in total. The third kappa shape index (κ3) is 4.06. The highest BCUT2D eigenvalue weighted by Crippen LogP contribution is 2.32. The summed E-state index contributed by atoms with van der Waals surface area (Å²) in [6.45, 7) is 0. The summed E-state index contributed by atoms with van der Waals surface area (Å²) in [4.78, 5) is 12.2. The number of aromatic nitrogens is 2. The third-order valence-electron chi connectivity index (χ3n) is 3.59. The maximum absolute atomic E-state index is 12.8. The van der Waals surface area contributed by atoms with Gasteiger partial charge in [0.05, 0.1) is 24.6 Å². The number of hydrogen-bond donors (Lipinski definition) is 0. The van der Waals surface area contributed by atoms with Crippen LogP contribution in [0.1, 0.15) is 5.56 Å². The second-order valence-electron chi connectivity index (χ2n) is 5.37. The quantitative estimate of drug-likeness (QED) is 0.641. The van der Waals surface area contributed by atoms with Crippen LogP contribution < -0.4 is 15.0 Å². The number of rotatable bonds is 4. The third-order valence-corrected chi connectivity index (χ3v) is 3.93. The molecule has 1 heterocycles. The molecule has 0 aliphatic heterocycles. The Balaban J connectivity index is 1.85. The van der Waals surface area contributed by atoms with Crippen molar-refractivity contribution in [2.75, 3.05) is 7.11 Å². The van der Waals surface area contributed by atoms with Gasteiger partial charge in [-0.05, 0) is 42.5 Å². The van der Waals surface area contributed by atoms with Gasteiger partial charge in [-0.15, -0.1) is 0 Å². The maximum atomic E-state index is 12.8. The molecule has 1 aromatic heterocycles. The highest BCUT2D eigenvalue weighted by Gasteiger charge is 2.30. The van der Waals surface area contributed by atoms with E-state index in [1.165, 1.54) is 49.7 Å². The largest absolute Gasteiger partial charge is 0.493 e. The monoisotopic (exact) mass is 396 g/mol. The summed E-state index contributed by atoms with van der Waals surface area (Å²) >= 11 is 5.92. The number of alkyl halides is 3.